The van der Waals surface area contributed by atoms with Gasteiger partial charge in [0, 0.05) is 31.4 Å². The van der Waals surface area contributed by atoms with Gasteiger partial charge in [-0.25, -0.2) is 0 Å². The number of likely N-dealkylation sites (N-methyl/N-ethyl adjacent to an activating group) is 1. The first-order valence-electron chi connectivity index (χ1n) is 8.59. The summed E-state index contributed by atoms with van der Waals surface area (Å²) in [6.45, 7) is 2.01. The number of aromatic amines is 1. The molecular weight excluding hydrogens is 326 g/mol. The summed E-state index contributed by atoms with van der Waals surface area (Å²) in [5.41, 5.74) is 3.49. The van der Waals surface area contributed by atoms with Crippen molar-refractivity contribution in [1.82, 2.24) is 15.2 Å². The average molecular weight is 349 g/mol. The highest BCUT2D eigenvalue weighted by Crippen LogP contribution is 2.17. The second kappa shape index (κ2) is 7.44. The number of fused-ring (bicyclic) bond motifs is 1. The third kappa shape index (κ3) is 3.94. The summed E-state index contributed by atoms with van der Waals surface area (Å²) < 4.78 is 0. The van der Waals surface area contributed by atoms with E-state index in [0.29, 0.717) is 12.1 Å². The highest BCUT2D eigenvalue weighted by atomic mass is 16.2. The molecule has 1 atom stereocenters. The van der Waals surface area contributed by atoms with E-state index in [1.54, 1.807) is 14.1 Å². The van der Waals surface area contributed by atoms with Gasteiger partial charge in [-0.1, -0.05) is 42.0 Å². The highest BCUT2D eigenvalue weighted by molar-refractivity contribution is 6.00. The molecule has 0 aliphatic rings. The molecule has 0 saturated heterocycles. The van der Waals surface area contributed by atoms with E-state index in [-0.39, 0.29) is 11.8 Å². The fourth-order valence-electron chi connectivity index (χ4n) is 2.97. The smallest absolute Gasteiger partial charge is 0.268 e. The number of carbonyl (C=O) groups is 2. The minimum Gasteiger partial charge on any atom is -0.351 e. The van der Waals surface area contributed by atoms with Crippen molar-refractivity contribution < 1.29 is 9.59 Å². The number of hydrogen-bond donors (Lipinski definition) is 2. The molecule has 0 bridgehead atoms. The number of benzene rings is 2. The van der Waals surface area contributed by atoms with Crippen LogP contribution in [0.2, 0.25) is 0 Å². The van der Waals surface area contributed by atoms with Gasteiger partial charge < -0.3 is 15.2 Å². The first-order chi connectivity index (χ1) is 12.4. The summed E-state index contributed by atoms with van der Waals surface area (Å²) >= 11 is 0. The molecule has 0 spiro atoms. The molecule has 5 nitrogen and oxygen atoms in total. The molecule has 0 saturated carbocycles. The summed E-state index contributed by atoms with van der Waals surface area (Å²) in [4.78, 5) is 29.9. The molecule has 0 aliphatic heterocycles. The largest absolute Gasteiger partial charge is 0.351 e. The molecule has 134 valence electrons. The quantitative estimate of drug-likeness (QED) is 0.744. The average Bonchev–Trinajstić information content (AvgIpc) is 3.04. The van der Waals surface area contributed by atoms with Crippen LogP contribution in [-0.2, 0) is 11.2 Å². The Morgan fingerprint density at radius 1 is 1.08 bits per heavy atom. The number of rotatable bonds is 5. The Morgan fingerprint density at radius 2 is 1.81 bits per heavy atom. The lowest BCUT2D eigenvalue weighted by Gasteiger charge is -2.21. The van der Waals surface area contributed by atoms with Crippen molar-refractivity contribution in [2.45, 2.75) is 19.4 Å². The van der Waals surface area contributed by atoms with E-state index in [0.717, 1.165) is 22.0 Å². The molecule has 0 fully saturated rings. The SMILES string of the molecule is Cc1ccc2[nH]c(C(=O)N[C@@H](Cc3ccccc3)C(=O)N(C)C)cc2c1. The van der Waals surface area contributed by atoms with Crippen molar-refractivity contribution in [3.8, 4) is 0 Å². The van der Waals surface area contributed by atoms with Crippen molar-refractivity contribution in [2.24, 2.45) is 0 Å². The lowest BCUT2D eigenvalue weighted by Crippen LogP contribution is -2.47. The Kier molecular flexibility index (Phi) is 5.07. The van der Waals surface area contributed by atoms with E-state index < -0.39 is 6.04 Å². The Labute approximate surface area is 153 Å². The summed E-state index contributed by atoms with van der Waals surface area (Å²) in [5, 5.41) is 3.86. The van der Waals surface area contributed by atoms with Crippen LogP contribution in [0.5, 0.6) is 0 Å². The van der Waals surface area contributed by atoms with E-state index in [1.807, 2.05) is 61.5 Å². The van der Waals surface area contributed by atoms with Gasteiger partial charge in [-0.2, -0.15) is 0 Å². The number of hydrogen-bond acceptors (Lipinski definition) is 2. The lowest BCUT2D eigenvalue weighted by molar-refractivity contribution is -0.130. The zero-order valence-corrected chi connectivity index (χ0v) is 15.2. The Bertz CT molecular complexity index is 929. The second-order valence-electron chi connectivity index (χ2n) is 6.72. The minimum absolute atomic E-state index is 0.130. The fourth-order valence-corrected chi connectivity index (χ4v) is 2.97. The molecule has 5 heteroatoms. The number of carbonyl (C=O) groups excluding carboxylic acids is 2. The van der Waals surface area contributed by atoms with Crippen molar-refractivity contribution in [3.05, 3.63) is 71.4 Å². The Hall–Kier alpha value is -3.08. The molecule has 3 aromatic rings. The monoisotopic (exact) mass is 349 g/mol. The van der Waals surface area contributed by atoms with Crippen molar-refractivity contribution in [2.75, 3.05) is 14.1 Å². The van der Waals surface area contributed by atoms with Crippen molar-refractivity contribution in [3.63, 3.8) is 0 Å². The topological polar surface area (TPSA) is 65.2 Å². The summed E-state index contributed by atoms with van der Waals surface area (Å²) in [6.07, 6.45) is 0.447. The van der Waals surface area contributed by atoms with Crippen LogP contribution in [0.4, 0.5) is 0 Å². The first kappa shape index (κ1) is 17.7. The number of nitrogens with one attached hydrogen (secondary N) is 2. The molecule has 0 radical (unpaired) electrons. The van der Waals surface area contributed by atoms with Crippen LogP contribution in [0.25, 0.3) is 10.9 Å². The standard InChI is InChI=1S/C21H23N3O2/c1-14-9-10-17-16(11-14)13-18(22-17)20(25)23-19(21(26)24(2)3)12-15-7-5-4-6-8-15/h4-11,13,19,22H,12H2,1-3H3,(H,23,25)/t19-/m0/s1. The minimum atomic E-state index is -0.618. The van der Waals surface area contributed by atoms with Crippen molar-refractivity contribution in [1.29, 1.82) is 0 Å². The normalized spacial score (nSPS) is 12.0. The summed E-state index contributed by atoms with van der Waals surface area (Å²) in [5.74, 6) is -0.413. The Balaban J connectivity index is 1.82. The van der Waals surface area contributed by atoms with Crippen LogP contribution >= 0.6 is 0 Å². The van der Waals surface area contributed by atoms with Gasteiger partial charge in [-0.3, -0.25) is 9.59 Å². The van der Waals surface area contributed by atoms with Gasteiger partial charge in [0.25, 0.3) is 5.91 Å². The van der Waals surface area contributed by atoms with Crippen LogP contribution < -0.4 is 5.32 Å². The van der Waals surface area contributed by atoms with E-state index in [9.17, 15) is 9.59 Å². The molecule has 2 N–H and O–H groups in total. The molecule has 1 aromatic heterocycles. The lowest BCUT2D eigenvalue weighted by atomic mass is 10.0. The van der Waals surface area contributed by atoms with E-state index in [4.69, 9.17) is 0 Å². The highest BCUT2D eigenvalue weighted by Gasteiger charge is 2.24. The van der Waals surface area contributed by atoms with E-state index in [2.05, 4.69) is 10.3 Å². The molecule has 26 heavy (non-hydrogen) atoms. The zero-order valence-electron chi connectivity index (χ0n) is 15.2. The van der Waals surface area contributed by atoms with Gasteiger partial charge in [0.15, 0.2) is 0 Å². The molecule has 1 heterocycles. The van der Waals surface area contributed by atoms with Gasteiger partial charge in [0.1, 0.15) is 11.7 Å². The van der Waals surface area contributed by atoms with Crippen LogP contribution in [-0.4, -0.2) is 41.8 Å². The maximum Gasteiger partial charge on any atom is 0.268 e. The third-order valence-corrected chi connectivity index (χ3v) is 4.35. The van der Waals surface area contributed by atoms with Gasteiger partial charge in [0.2, 0.25) is 5.91 Å². The van der Waals surface area contributed by atoms with E-state index >= 15 is 0 Å². The van der Waals surface area contributed by atoms with Crippen LogP contribution in [0, 0.1) is 6.92 Å². The number of H-pyrrole nitrogens is 1. The molecule has 0 unspecified atom stereocenters. The maximum absolute atomic E-state index is 12.7. The second-order valence-corrected chi connectivity index (χ2v) is 6.72. The molecule has 3 rings (SSSR count). The van der Waals surface area contributed by atoms with Crippen LogP contribution in [0.1, 0.15) is 21.6 Å². The number of nitrogens with zero attached hydrogens (tertiary/aromatic N) is 1. The van der Waals surface area contributed by atoms with Crippen molar-refractivity contribution >= 4 is 22.7 Å². The first-order valence-corrected chi connectivity index (χ1v) is 8.59. The number of amides is 2. The number of aryl methyl sites for hydroxylation is 1. The van der Waals surface area contributed by atoms with Crippen LogP contribution in [0.15, 0.2) is 54.6 Å². The predicted molar refractivity (Wildman–Crippen MR) is 103 cm³/mol. The van der Waals surface area contributed by atoms with Gasteiger partial charge in [-0.15, -0.1) is 0 Å². The third-order valence-electron chi connectivity index (χ3n) is 4.35. The van der Waals surface area contributed by atoms with Gasteiger partial charge in [0.05, 0.1) is 0 Å². The summed E-state index contributed by atoms with van der Waals surface area (Å²) in [6, 6.07) is 16.9. The number of aromatic nitrogens is 1. The fraction of sp³-hybridized carbons (Fsp3) is 0.238. The molecule has 2 amide bonds. The predicted octanol–water partition coefficient (Wildman–Crippen LogP) is 2.91. The molecular formula is C21H23N3O2. The van der Waals surface area contributed by atoms with E-state index in [1.165, 1.54) is 4.90 Å². The molecule has 2 aromatic carbocycles. The maximum atomic E-state index is 12.7. The Morgan fingerprint density at radius 3 is 2.50 bits per heavy atom. The van der Waals surface area contributed by atoms with Crippen LogP contribution in [0.3, 0.4) is 0 Å². The van der Waals surface area contributed by atoms with Gasteiger partial charge >= 0.3 is 0 Å². The zero-order chi connectivity index (χ0) is 18.7. The molecule has 0 aliphatic carbocycles. The van der Waals surface area contributed by atoms with Gasteiger partial charge in [-0.05, 0) is 30.7 Å². The summed E-state index contributed by atoms with van der Waals surface area (Å²) in [7, 11) is 3.39.